The van der Waals surface area contributed by atoms with E-state index in [4.69, 9.17) is 33.4 Å². The van der Waals surface area contributed by atoms with Gasteiger partial charge in [-0.15, -0.1) is 0 Å². The van der Waals surface area contributed by atoms with Gasteiger partial charge in [-0.3, -0.25) is 4.99 Å². The molecule has 1 aromatic carbocycles. The van der Waals surface area contributed by atoms with Crippen LogP contribution in [0.2, 0.25) is 10.0 Å². The molecule has 0 aliphatic carbocycles. The Labute approximate surface area is 118 Å². The zero-order valence-electron chi connectivity index (χ0n) is 9.56. The van der Waals surface area contributed by atoms with Crippen LogP contribution in [0.3, 0.4) is 0 Å². The Morgan fingerprint density at radius 2 is 1.58 bits per heavy atom. The van der Waals surface area contributed by atoms with Crippen LogP contribution in [0.1, 0.15) is 20.7 Å². The quantitative estimate of drug-likeness (QED) is 0.776. The average molecular weight is 305 g/mol. The molecule has 1 aromatic rings. The number of aliphatic imine (C=N–C) groups is 1. The van der Waals surface area contributed by atoms with Crippen molar-refractivity contribution >= 4 is 41.5 Å². The molecule has 0 saturated heterocycles. The highest BCUT2D eigenvalue weighted by atomic mass is 35.5. The summed E-state index contributed by atoms with van der Waals surface area (Å²) >= 11 is 11.1. The molecule has 0 spiro atoms. The highest BCUT2D eigenvalue weighted by Crippen LogP contribution is 2.26. The number of nitrogens with one attached hydrogen (secondary N) is 1. The van der Waals surface area contributed by atoms with Crippen molar-refractivity contribution in [3.63, 3.8) is 0 Å². The highest BCUT2D eigenvalue weighted by molar-refractivity contribution is 6.38. The summed E-state index contributed by atoms with van der Waals surface area (Å²) in [5, 5.41) is 20.1. The predicted octanol–water partition coefficient (Wildman–Crippen LogP) is 2.01. The fourth-order valence-electron chi connectivity index (χ4n) is 1.29. The molecule has 102 valence electrons. The maximum Gasteiger partial charge on any atom is 0.338 e. The van der Waals surface area contributed by atoms with Crippen molar-refractivity contribution in [2.45, 2.75) is 0 Å². The molecule has 0 radical (unpaired) electrons. The van der Waals surface area contributed by atoms with Crippen LogP contribution >= 0.6 is 23.2 Å². The summed E-state index contributed by atoms with van der Waals surface area (Å²) in [6.07, 6.45) is 1.74. The Bertz CT molecular complexity index is 487. The number of benzene rings is 1. The van der Waals surface area contributed by atoms with E-state index in [0.29, 0.717) is 0 Å². The van der Waals surface area contributed by atoms with Gasteiger partial charge in [0, 0.05) is 6.54 Å². The van der Waals surface area contributed by atoms with Gasteiger partial charge in [-0.05, 0) is 12.1 Å². The second-order valence-corrected chi connectivity index (χ2v) is 4.19. The van der Waals surface area contributed by atoms with E-state index < -0.39 is 23.1 Å². The van der Waals surface area contributed by atoms with E-state index in [1.54, 1.807) is 6.34 Å². The first-order valence-electron chi connectivity index (χ1n) is 5.11. The minimum Gasteiger partial charge on any atom is -0.478 e. The van der Waals surface area contributed by atoms with Gasteiger partial charge >= 0.3 is 11.9 Å². The predicted molar refractivity (Wildman–Crippen MR) is 71.7 cm³/mol. The van der Waals surface area contributed by atoms with E-state index in [9.17, 15) is 9.59 Å². The maximum atomic E-state index is 10.7. The number of nitrogens with zero attached hydrogens (tertiary/aromatic N) is 1. The van der Waals surface area contributed by atoms with Gasteiger partial charge in [0.2, 0.25) is 0 Å². The molecule has 2 rings (SSSR count). The molecule has 1 heterocycles. The van der Waals surface area contributed by atoms with Crippen LogP contribution in [0.25, 0.3) is 0 Å². The largest absolute Gasteiger partial charge is 0.478 e. The first-order valence-corrected chi connectivity index (χ1v) is 5.87. The summed E-state index contributed by atoms with van der Waals surface area (Å²) in [5.74, 6) is -2.84. The number of carboxylic acid groups (broad SMARTS) is 2. The summed E-state index contributed by atoms with van der Waals surface area (Å²) < 4.78 is 0. The van der Waals surface area contributed by atoms with Gasteiger partial charge in [-0.1, -0.05) is 23.2 Å². The summed E-state index contributed by atoms with van der Waals surface area (Å²) in [6, 6.07) is 2.47. The molecule has 1 aliphatic heterocycles. The fraction of sp³-hybridized carbons (Fsp3) is 0.182. The number of halogens is 2. The fourth-order valence-corrected chi connectivity index (χ4v) is 1.77. The zero-order valence-corrected chi connectivity index (χ0v) is 11.1. The second-order valence-electron chi connectivity index (χ2n) is 3.38. The number of hydrogen-bond donors (Lipinski definition) is 3. The molecule has 0 fully saturated rings. The monoisotopic (exact) mass is 304 g/mol. The van der Waals surface area contributed by atoms with Crippen molar-refractivity contribution in [3.05, 3.63) is 33.3 Å². The van der Waals surface area contributed by atoms with E-state index in [1.165, 1.54) is 12.1 Å². The van der Waals surface area contributed by atoms with Crippen LogP contribution in [0.15, 0.2) is 17.1 Å². The normalized spacial score (nSPS) is 12.3. The van der Waals surface area contributed by atoms with E-state index >= 15 is 0 Å². The molecule has 0 bridgehead atoms. The van der Waals surface area contributed by atoms with Gasteiger partial charge in [-0.2, -0.15) is 0 Å². The molecule has 0 unspecified atom stereocenters. The number of carboxylic acids is 2. The van der Waals surface area contributed by atoms with Gasteiger partial charge in [0.15, 0.2) is 0 Å². The Morgan fingerprint density at radius 1 is 1.11 bits per heavy atom. The maximum absolute atomic E-state index is 10.7. The first kappa shape index (κ1) is 15.3. The molecular weight excluding hydrogens is 295 g/mol. The summed E-state index contributed by atoms with van der Waals surface area (Å²) in [4.78, 5) is 25.2. The van der Waals surface area contributed by atoms with Gasteiger partial charge in [0.05, 0.1) is 34.1 Å². The third-order valence-electron chi connectivity index (χ3n) is 2.10. The summed E-state index contributed by atoms with van der Waals surface area (Å²) in [6.45, 7) is 1.99. The van der Waals surface area contributed by atoms with Crippen molar-refractivity contribution in [3.8, 4) is 0 Å². The van der Waals surface area contributed by atoms with Gasteiger partial charge in [0.1, 0.15) is 0 Å². The van der Waals surface area contributed by atoms with Crippen molar-refractivity contribution in [2.75, 3.05) is 13.1 Å². The van der Waals surface area contributed by atoms with Crippen molar-refractivity contribution in [1.82, 2.24) is 5.32 Å². The summed E-state index contributed by atoms with van der Waals surface area (Å²) in [5.41, 5.74) is -0.988. The standard InChI is InChI=1S/C8H4Cl2O4.C3H6N2/c9-3-1-2-4(10)6(8(13)14)5(3)7(11)12;1-2-5-3-4-1/h1-2H,(H,11,12)(H,13,14);3H,1-2H2,(H,4,5). The van der Waals surface area contributed by atoms with Crippen molar-refractivity contribution in [2.24, 2.45) is 4.99 Å². The van der Waals surface area contributed by atoms with E-state index in [2.05, 4.69) is 10.3 Å². The Balaban J connectivity index is 0.000000300. The van der Waals surface area contributed by atoms with Crippen LogP contribution in [0.4, 0.5) is 0 Å². The first-order chi connectivity index (χ1) is 8.95. The molecule has 3 N–H and O–H groups in total. The minimum absolute atomic E-state index is 0.153. The van der Waals surface area contributed by atoms with Crippen LogP contribution in [-0.4, -0.2) is 41.6 Å². The Morgan fingerprint density at radius 3 is 1.79 bits per heavy atom. The van der Waals surface area contributed by atoms with Gasteiger partial charge in [0.25, 0.3) is 0 Å². The molecule has 0 saturated carbocycles. The molecule has 1 aliphatic rings. The van der Waals surface area contributed by atoms with Crippen LogP contribution in [0.5, 0.6) is 0 Å². The number of carbonyl (C=O) groups is 2. The highest BCUT2D eigenvalue weighted by Gasteiger charge is 2.22. The molecule has 0 aromatic heterocycles. The smallest absolute Gasteiger partial charge is 0.338 e. The number of rotatable bonds is 2. The van der Waals surface area contributed by atoms with E-state index in [0.717, 1.165) is 13.1 Å². The molecular formula is C11H10Cl2N2O4. The third kappa shape index (κ3) is 4.11. The second kappa shape index (κ2) is 6.96. The molecule has 8 heteroatoms. The van der Waals surface area contributed by atoms with E-state index in [-0.39, 0.29) is 10.0 Å². The Kier molecular flexibility index (Phi) is 5.59. The minimum atomic E-state index is -1.42. The van der Waals surface area contributed by atoms with Crippen molar-refractivity contribution in [1.29, 1.82) is 0 Å². The lowest BCUT2D eigenvalue weighted by molar-refractivity contribution is 0.0652. The topological polar surface area (TPSA) is 99.0 Å². The van der Waals surface area contributed by atoms with Gasteiger partial charge in [-0.25, -0.2) is 9.59 Å². The van der Waals surface area contributed by atoms with Crippen molar-refractivity contribution < 1.29 is 19.8 Å². The lowest BCUT2D eigenvalue weighted by Crippen LogP contribution is -2.09. The average Bonchev–Trinajstić information content (AvgIpc) is 2.89. The lowest BCUT2D eigenvalue weighted by atomic mass is 10.1. The molecule has 6 nitrogen and oxygen atoms in total. The van der Waals surface area contributed by atoms with Gasteiger partial charge < -0.3 is 15.5 Å². The summed E-state index contributed by atoms with van der Waals surface area (Å²) in [7, 11) is 0. The van der Waals surface area contributed by atoms with Crippen LogP contribution in [-0.2, 0) is 0 Å². The lowest BCUT2D eigenvalue weighted by Gasteiger charge is -2.05. The zero-order chi connectivity index (χ0) is 14.4. The van der Waals surface area contributed by atoms with E-state index in [1.807, 2.05) is 0 Å². The SMILES string of the molecule is C1=NCCN1.O=C(O)c1c(Cl)ccc(Cl)c1C(=O)O. The van der Waals surface area contributed by atoms with Crippen LogP contribution < -0.4 is 5.32 Å². The Hall–Kier alpha value is -1.79. The number of hydrogen-bond acceptors (Lipinski definition) is 4. The molecule has 0 atom stereocenters. The molecule has 0 amide bonds. The molecule has 19 heavy (non-hydrogen) atoms. The number of aromatic carboxylic acids is 2. The third-order valence-corrected chi connectivity index (χ3v) is 2.73. The van der Waals surface area contributed by atoms with Crippen LogP contribution in [0, 0.1) is 0 Å².